The Hall–Kier alpha value is -1.88. The average molecular weight is 246 g/mol. The van der Waals surface area contributed by atoms with Crippen LogP contribution >= 0.6 is 0 Å². The van der Waals surface area contributed by atoms with Crippen LogP contribution in [0.15, 0.2) is 24.4 Å². The van der Waals surface area contributed by atoms with Crippen LogP contribution in [-0.2, 0) is 4.79 Å². The number of anilines is 1. The third-order valence-electron chi connectivity index (χ3n) is 2.77. The van der Waals surface area contributed by atoms with Gasteiger partial charge in [0.25, 0.3) is 0 Å². The van der Waals surface area contributed by atoms with Gasteiger partial charge in [0.2, 0.25) is 5.91 Å². The van der Waals surface area contributed by atoms with Gasteiger partial charge in [-0.2, -0.15) is 5.10 Å². The molecule has 1 aromatic carbocycles. The Morgan fingerprint density at radius 2 is 2.28 bits per heavy atom. The van der Waals surface area contributed by atoms with Crippen molar-refractivity contribution in [2.45, 2.75) is 26.3 Å². The number of nitrogens with zero attached hydrogens (tertiary/aromatic N) is 1. The fraction of sp³-hybridized carbons (Fsp3) is 0.385. The van der Waals surface area contributed by atoms with Gasteiger partial charge in [0.05, 0.1) is 17.8 Å². The van der Waals surface area contributed by atoms with Gasteiger partial charge in [-0.1, -0.05) is 13.8 Å². The van der Waals surface area contributed by atoms with E-state index in [1.54, 1.807) is 6.20 Å². The van der Waals surface area contributed by atoms with E-state index in [0.717, 1.165) is 16.6 Å². The zero-order valence-electron chi connectivity index (χ0n) is 10.6. The summed E-state index contributed by atoms with van der Waals surface area (Å²) >= 11 is 0. The number of benzene rings is 1. The van der Waals surface area contributed by atoms with E-state index in [2.05, 4.69) is 15.5 Å². The predicted molar refractivity (Wildman–Crippen MR) is 72.2 cm³/mol. The van der Waals surface area contributed by atoms with Gasteiger partial charge in [0.1, 0.15) is 0 Å². The molecule has 1 aromatic heterocycles. The summed E-state index contributed by atoms with van der Waals surface area (Å²) in [6.45, 7) is 4.09. The number of nitrogens with one attached hydrogen (secondary N) is 2. The van der Waals surface area contributed by atoms with Crippen molar-refractivity contribution in [3.63, 3.8) is 0 Å². The number of nitrogens with two attached hydrogens (primary N) is 1. The Labute approximate surface area is 106 Å². The molecular weight excluding hydrogens is 228 g/mol. The molecule has 0 saturated heterocycles. The van der Waals surface area contributed by atoms with Crippen molar-refractivity contribution in [1.82, 2.24) is 10.2 Å². The molecule has 0 aliphatic heterocycles. The first-order valence-electron chi connectivity index (χ1n) is 6.06. The van der Waals surface area contributed by atoms with Crippen molar-refractivity contribution in [1.29, 1.82) is 0 Å². The smallest absolute Gasteiger partial charge is 0.241 e. The maximum absolute atomic E-state index is 11.9. The van der Waals surface area contributed by atoms with Gasteiger partial charge >= 0.3 is 0 Å². The molecule has 0 aliphatic carbocycles. The molecule has 96 valence electrons. The van der Waals surface area contributed by atoms with Gasteiger partial charge in [0, 0.05) is 11.1 Å². The number of carbonyl (C=O) groups excluding carboxylic acids is 1. The lowest BCUT2D eigenvalue weighted by Crippen LogP contribution is -2.36. The molecular formula is C13H18N4O. The number of hydrogen-bond donors (Lipinski definition) is 3. The predicted octanol–water partition coefficient (Wildman–Crippen LogP) is 1.87. The quantitative estimate of drug-likeness (QED) is 0.770. The monoisotopic (exact) mass is 246 g/mol. The van der Waals surface area contributed by atoms with E-state index in [1.165, 1.54) is 0 Å². The standard InChI is InChI=1S/C13H18N4O/c1-8(2)5-11(14)13(18)16-10-3-4-12-9(6-10)7-15-17-12/h3-4,6-8,11H,5,14H2,1-2H3,(H,15,17)(H,16,18)/t11-/m1/s1. The molecule has 0 saturated carbocycles. The molecule has 0 bridgehead atoms. The van der Waals surface area contributed by atoms with Crippen LogP contribution < -0.4 is 11.1 Å². The maximum atomic E-state index is 11.9. The van der Waals surface area contributed by atoms with Crippen molar-refractivity contribution >= 4 is 22.5 Å². The Kier molecular flexibility index (Phi) is 3.62. The number of aromatic nitrogens is 2. The zero-order valence-corrected chi connectivity index (χ0v) is 10.6. The van der Waals surface area contributed by atoms with Gasteiger partial charge in [-0.15, -0.1) is 0 Å². The minimum Gasteiger partial charge on any atom is -0.325 e. The summed E-state index contributed by atoms with van der Waals surface area (Å²) in [6, 6.07) is 5.12. The third-order valence-corrected chi connectivity index (χ3v) is 2.77. The SMILES string of the molecule is CC(C)C[C@@H](N)C(=O)Nc1ccc2[nH]ncc2c1. The molecule has 1 atom stereocenters. The largest absolute Gasteiger partial charge is 0.325 e. The molecule has 4 N–H and O–H groups in total. The van der Waals surface area contributed by atoms with E-state index in [4.69, 9.17) is 5.73 Å². The molecule has 1 heterocycles. The van der Waals surface area contributed by atoms with Gasteiger partial charge in [0.15, 0.2) is 0 Å². The summed E-state index contributed by atoms with van der Waals surface area (Å²) < 4.78 is 0. The van der Waals surface area contributed by atoms with E-state index >= 15 is 0 Å². The van der Waals surface area contributed by atoms with E-state index in [9.17, 15) is 4.79 Å². The lowest BCUT2D eigenvalue weighted by Gasteiger charge is -2.14. The van der Waals surface area contributed by atoms with Crippen LogP contribution in [0.2, 0.25) is 0 Å². The minimum absolute atomic E-state index is 0.147. The highest BCUT2D eigenvalue weighted by molar-refractivity contribution is 5.96. The Bertz CT molecular complexity index is 547. The number of rotatable bonds is 4. The molecule has 18 heavy (non-hydrogen) atoms. The van der Waals surface area contributed by atoms with Crippen LogP contribution in [0.3, 0.4) is 0 Å². The van der Waals surface area contributed by atoms with E-state index in [-0.39, 0.29) is 5.91 Å². The number of H-pyrrole nitrogens is 1. The van der Waals surface area contributed by atoms with Crippen molar-refractivity contribution in [3.05, 3.63) is 24.4 Å². The fourth-order valence-electron chi connectivity index (χ4n) is 1.87. The molecule has 2 aromatic rings. The Balaban J connectivity index is 2.06. The lowest BCUT2D eigenvalue weighted by atomic mass is 10.0. The van der Waals surface area contributed by atoms with E-state index in [0.29, 0.717) is 12.3 Å². The van der Waals surface area contributed by atoms with Crippen LogP contribution in [-0.4, -0.2) is 22.1 Å². The second-order valence-electron chi connectivity index (χ2n) is 4.90. The first kappa shape index (κ1) is 12.6. The highest BCUT2D eigenvalue weighted by Gasteiger charge is 2.15. The van der Waals surface area contributed by atoms with Crippen molar-refractivity contribution in [2.24, 2.45) is 11.7 Å². The number of hydrogen-bond acceptors (Lipinski definition) is 3. The summed E-state index contributed by atoms with van der Waals surface area (Å²) in [7, 11) is 0. The van der Waals surface area contributed by atoms with E-state index in [1.807, 2.05) is 32.0 Å². The van der Waals surface area contributed by atoms with Crippen molar-refractivity contribution < 1.29 is 4.79 Å². The van der Waals surface area contributed by atoms with Crippen LogP contribution in [0.25, 0.3) is 10.9 Å². The second-order valence-corrected chi connectivity index (χ2v) is 4.90. The molecule has 1 amide bonds. The van der Waals surface area contributed by atoms with Crippen LogP contribution in [0, 0.1) is 5.92 Å². The topological polar surface area (TPSA) is 83.8 Å². The molecule has 0 unspecified atom stereocenters. The normalized spacial score (nSPS) is 12.9. The lowest BCUT2D eigenvalue weighted by molar-refractivity contribution is -0.117. The van der Waals surface area contributed by atoms with Gasteiger partial charge in [-0.05, 0) is 30.5 Å². The van der Waals surface area contributed by atoms with Crippen LogP contribution in [0.4, 0.5) is 5.69 Å². The van der Waals surface area contributed by atoms with Crippen LogP contribution in [0.1, 0.15) is 20.3 Å². The summed E-state index contributed by atoms with van der Waals surface area (Å²) in [5, 5.41) is 10.6. The molecule has 0 fully saturated rings. The second kappa shape index (κ2) is 5.18. The third kappa shape index (κ3) is 2.87. The first-order valence-corrected chi connectivity index (χ1v) is 6.06. The average Bonchev–Trinajstić information content (AvgIpc) is 2.75. The number of fused-ring (bicyclic) bond motifs is 1. The first-order chi connectivity index (χ1) is 8.56. The summed E-state index contributed by atoms with van der Waals surface area (Å²) in [5.74, 6) is 0.258. The molecule has 0 radical (unpaired) electrons. The highest BCUT2D eigenvalue weighted by atomic mass is 16.2. The molecule has 5 nitrogen and oxygen atoms in total. The van der Waals surface area contributed by atoms with Crippen molar-refractivity contribution in [2.75, 3.05) is 5.32 Å². The maximum Gasteiger partial charge on any atom is 0.241 e. The number of aromatic amines is 1. The van der Waals surface area contributed by atoms with Gasteiger partial charge in [-0.3, -0.25) is 9.89 Å². The summed E-state index contributed by atoms with van der Waals surface area (Å²) in [4.78, 5) is 11.9. The minimum atomic E-state index is -0.468. The Morgan fingerprint density at radius 1 is 1.50 bits per heavy atom. The molecule has 2 rings (SSSR count). The summed E-state index contributed by atoms with van der Waals surface area (Å²) in [5.41, 5.74) is 7.52. The molecule has 5 heteroatoms. The molecule has 0 aliphatic rings. The molecule has 0 spiro atoms. The fourth-order valence-corrected chi connectivity index (χ4v) is 1.87. The zero-order chi connectivity index (χ0) is 13.1. The summed E-state index contributed by atoms with van der Waals surface area (Å²) in [6.07, 6.45) is 2.40. The highest BCUT2D eigenvalue weighted by Crippen LogP contribution is 2.17. The van der Waals surface area contributed by atoms with Gasteiger partial charge < -0.3 is 11.1 Å². The van der Waals surface area contributed by atoms with Gasteiger partial charge in [-0.25, -0.2) is 0 Å². The van der Waals surface area contributed by atoms with Crippen molar-refractivity contribution in [3.8, 4) is 0 Å². The number of carbonyl (C=O) groups is 1. The van der Waals surface area contributed by atoms with E-state index < -0.39 is 6.04 Å². The van der Waals surface area contributed by atoms with Crippen LogP contribution in [0.5, 0.6) is 0 Å². The number of amides is 1. The Morgan fingerprint density at radius 3 is 3.00 bits per heavy atom.